The highest BCUT2D eigenvalue weighted by Gasteiger charge is 2.50. The van der Waals surface area contributed by atoms with Crippen LogP contribution in [0.1, 0.15) is 87.6 Å². The molecule has 0 spiro atoms. The number of anilines is 1. The third-order valence-electron chi connectivity index (χ3n) is 18.7. The van der Waals surface area contributed by atoms with Gasteiger partial charge in [-0.3, -0.25) is 33.6 Å². The number of methoxy groups -OCH3 is 1. The number of aromatic nitrogens is 3. The Balaban J connectivity index is 0.939. The van der Waals surface area contributed by atoms with Gasteiger partial charge in [-0.05, 0) is 99.7 Å². The Hall–Kier alpha value is -7.76. The van der Waals surface area contributed by atoms with Crippen LogP contribution >= 0.6 is 23.7 Å². The van der Waals surface area contributed by atoms with Crippen LogP contribution < -0.4 is 41.0 Å². The van der Waals surface area contributed by atoms with Gasteiger partial charge < -0.3 is 106 Å². The number of β-amino-alcohol motifs (C(OH)–C–C–N with tert-alkyl or cyclic N) is 1. The van der Waals surface area contributed by atoms with Crippen molar-refractivity contribution < 1.29 is 108 Å². The second-order valence-electron chi connectivity index (χ2n) is 26.2. The number of carbonyl (C=O) groups excluding carboxylic acids is 7. The van der Waals surface area contributed by atoms with Crippen molar-refractivity contribution in [1.29, 1.82) is 0 Å². The smallest absolute Gasteiger partial charge is 0.261 e. The molecule has 7 amide bonds. The molecule has 0 radical (unpaired) electrons. The van der Waals surface area contributed by atoms with Crippen molar-refractivity contribution in [2.45, 2.75) is 163 Å². The van der Waals surface area contributed by atoms with E-state index in [1.165, 1.54) is 36.5 Å². The van der Waals surface area contributed by atoms with Gasteiger partial charge in [0, 0.05) is 101 Å². The van der Waals surface area contributed by atoms with E-state index in [1.807, 2.05) is 12.1 Å². The van der Waals surface area contributed by atoms with E-state index in [9.17, 15) is 74.7 Å². The summed E-state index contributed by atoms with van der Waals surface area (Å²) >= 11 is 1.46. The van der Waals surface area contributed by atoms with Gasteiger partial charge in [0.15, 0.2) is 11.5 Å². The molecule has 564 valence electrons. The molecule has 2 aromatic heterocycles. The molecule has 103 heavy (non-hydrogen) atoms. The number of fused-ring (bicyclic) bond motifs is 3. The van der Waals surface area contributed by atoms with Crippen molar-refractivity contribution in [2.24, 2.45) is 5.92 Å². The molecular weight excluding hydrogens is 1390 g/mol. The van der Waals surface area contributed by atoms with Crippen LogP contribution in [0, 0.1) is 5.92 Å². The van der Waals surface area contributed by atoms with Gasteiger partial charge in [0.05, 0.1) is 73.9 Å². The van der Waals surface area contributed by atoms with Crippen molar-refractivity contribution >= 4 is 75.7 Å². The second kappa shape index (κ2) is 37.8. The molecule has 0 unspecified atom stereocenters. The molecule has 9 rings (SSSR count). The molecule has 0 aliphatic carbocycles. The summed E-state index contributed by atoms with van der Waals surface area (Å²) in [7, 11) is 1.72. The number of rotatable bonds is 28. The Bertz CT molecular complexity index is 3610. The first-order chi connectivity index (χ1) is 49.5. The lowest BCUT2D eigenvalue weighted by atomic mass is 9.98. The minimum atomic E-state index is -2.16. The molecule has 34 nitrogen and oxygen atoms in total. The third-order valence-corrected chi connectivity index (χ3v) is 20.0. The first-order valence-corrected chi connectivity index (χ1v) is 35.7. The average molecular weight is 1480 g/mol. The molecule has 3 aromatic carbocycles. The van der Waals surface area contributed by atoms with Crippen molar-refractivity contribution in [3.63, 3.8) is 0 Å². The minimum Gasteiger partial charge on any atom is -0.504 e. The predicted octanol–water partition coefficient (Wildman–Crippen LogP) is -1.33. The number of aliphatic hydroxyl groups excluding tert-OH is 8. The fourth-order valence-corrected chi connectivity index (χ4v) is 14.1. The molecular formula is C67H92N12O22S2. The largest absolute Gasteiger partial charge is 0.504 e. The summed E-state index contributed by atoms with van der Waals surface area (Å²) in [4.78, 5) is 112. The van der Waals surface area contributed by atoms with E-state index in [2.05, 4.69) is 58.3 Å². The maximum Gasteiger partial charge on any atom is 0.261 e. The molecule has 0 bridgehead atoms. The second-order valence-corrected chi connectivity index (χ2v) is 27.6. The van der Waals surface area contributed by atoms with Crippen molar-refractivity contribution in [2.75, 3.05) is 77.7 Å². The molecule has 4 aliphatic rings. The van der Waals surface area contributed by atoms with Crippen LogP contribution in [0.2, 0.25) is 0 Å². The van der Waals surface area contributed by atoms with Gasteiger partial charge in [-0.25, -0.2) is 14.8 Å². The highest BCUT2D eigenvalue weighted by atomic mass is 32.2. The van der Waals surface area contributed by atoms with Crippen LogP contribution in [0.15, 0.2) is 72.9 Å². The Morgan fingerprint density at radius 1 is 0.777 bits per heavy atom. The molecule has 4 aliphatic heterocycles. The average Bonchev–Trinajstić information content (AvgIpc) is 1.74. The van der Waals surface area contributed by atoms with Crippen LogP contribution in [-0.4, -0.2) is 275 Å². The number of phenolic OH excluding ortho intramolecular Hbond substituents is 1. The van der Waals surface area contributed by atoms with E-state index in [4.69, 9.17) is 29.0 Å². The van der Waals surface area contributed by atoms with Gasteiger partial charge in [0.2, 0.25) is 40.4 Å². The quantitative estimate of drug-likeness (QED) is 0.0119. The number of aliphatic hydroxyl groups is 8. The van der Waals surface area contributed by atoms with Crippen LogP contribution in [0.5, 0.6) is 11.5 Å². The third kappa shape index (κ3) is 20.8. The zero-order valence-electron chi connectivity index (χ0n) is 57.1. The number of phenols is 1. The van der Waals surface area contributed by atoms with Gasteiger partial charge in [0.1, 0.15) is 41.3 Å². The standard InChI is InChI=1S/C67H92N12O22S2/c1-36-31-78-57(58(36)88)63(93)69-30-44(83)28-47(70-59(89)40-11-9-39(10-12-40)48-33-79-67(71-48)102-64(75-79)41-13-15-43(16-14-41)76-22-19-46(20-23-76)98-25-7-5-4-6-24-97-3)60(90)72-54(37(2)82)65(94)77-32-45(84)29-49(77)61(91)73-55(52(87)26-38-8-17-50(85)53(27-38)99-103-101-100-96)62(92)74-56(66(78)95)51(86)18-21-68-42(34-80)35-81/h8-17,27,33,36-37,42,44-47,49,51-52,54-58,68,80-88,96H,4-7,18-26,28-32,34-35H2,1-3H3,(H,69,93)(H,70,89)(H,72,90)(H,73,91)(H,74,92)/t36-,37+,44+,45+,47-,49-,51+,52+,54-,55-,56-,57-,58-/m0/s1. The predicted molar refractivity (Wildman–Crippen MR) is 370 cm³/mol. The number of nitrogens with one attached hydrogen (secondary N) is 6. The van der Waals surface area contributed by atoms with Gasteiger partial charge in [-0.15, -0.1) is 0 Å². The zero-order valence-corrected chi connectivity index (χ0v) is 58.7. The lowest BCUT2D eigenvalue weighted by Crippen LogP contribution is -2.64. The first kappa shape index (κ1) is 79.4. The topological polar surface area (TPSA) is 480 Å². The summed E-state index contributed by atoms with van der Waals surface area (Å²) in [5, 5.41) is 132. The van der Waals surface area contributed by atoms with Gasteiger partial charge in [-0.2, -0.15) is 5.10 Å². The molecule has 6 heterocycles. The molecule has 0 saturated carbocycles. The maximum atomic E-state index is 15.0. The molecule has 4 fully saturated rings. The summed E-state index contributed by atoms with van der Waals surface area (Å²) < 4.78 is 22.4. The van der Waals surface area contributed by atoms with Crippen molar-refractivity contribution in [1.82, 2.24) is 56.3 Å². The highest BCUT2D eigenvalue weighted by molar-refractivity contribution is 7.90. The number of benzene rings is 3. The van der Waals surface area contributed by atoms with E-state index in [0.29, 0.717) is 16.2 Å². The number of hydrogen-bond donors (Lipinski definition) is 16. The summed E-state index contributed by atoms with van der Waals surface area (Å²) in [6.07, 6.45) is -4.41. The normalized spacial score (nSPS) is 24.6. The van der Waals surface area contributed by atoms with E-state index in [1.54, 1.807) is 30.0 Å². The maximum absolute atomic E-state index is 15.0. The highest BCUT2D eigenvalue weighted by Crippen LogP contribution is 2.34. The number of hydrogen-bond acceptors (Lipinski definition) is 28. The molecule has 16 N–H and O–H groups in total. The Labute approximate surface area is 601 Å². The number of imidazole rings is 1. The Morgan fingerprint density at radius 3 is 2.14 bits per heavy atom. The van der Waals surface area contributed by atoms with Gasteiger partial charge in [0.25, 0.3) is 18.2 Å². The summed E-state index contributed by atoms with van der Waals surface area (Å²) in [6.45, 7) is 3.02. The van der Waals surface area contributed by atoms with E-state index < -0.39 is 184 Å². The summed E-state index contributed by atoms with van der Waals surface area (Å²) in [5.74, 6) is -9.63. The number of nitrogens with zero attached hydrogens (tertiary/aromatic N) is 6. The summed E-state index contributed by atoms with van der Waals surface area (Å²) in [6, 6.07) is 5.60. The monoisotopic (exact) mass is 1480 g/mol. The van der Waals surface area contributed by atoms with E-state index in [0.717, 1.165) is 110 Å². The van der Waals surface area contributed by atoms with Crippen LogP contribution in [0.25, 0.3) is 26.8 Å². The minimum absolute atomic E-state index is 0.0119. The van der Waals surface area contributed by atoms with Crippen LogP contribution in [0.4, 0.5) is 5.69 Å². The fraction of sp³-hybridized carbons (Fsp3) is 0.567. The summed E-state index contributed by atoms with van der Waals surface area (Å²) in [5.41, 5.74) is 3.27. The van der Waals surface area contributed by atoms with E-state index in [-0.39, 0.29) is 48.4 Å². The first-order valence-electron chi connectivity index (χ1n) is 34.2. The molecule has 5 aromatic rings. The molecule has 36 heteroatoms. The molecule has 4 saturated heterocycles. The van der Waals surface area contributed by atoms with Gasteiger partial charge >= 0.3 is 0 Å². The van der Waals surface area contributed by atoms with Crippen molar-refractivity contribution in [3.05, 3.63) is 84.1 Å². The van der Waals surface area contributed by atoms with Crippen LogP contribution in [-0.2, 0) is 54.0 Å². The lowest BCUT2D eigenvalue weighted by molar-refractivity contribution is -0.433. The Morgan fingerprint density at radius 2 is 1.46 bits per heavy atom. The SMILES string of the molecule is COCCCCCCOC1CCN(c2ccc(-c3nn4cc(-c5ccc(C(=O)N[C@H]6C[C@@H](O)CNC(=O)[C@@H]7[C@@H](O)[C@@H](C)CN7C(=O)[C@H]([C@H](O)CCNC(CO)CO)NC(=O)[C@H]([C@H](O)Cc7ccc(O)c(OSOOO)c7)NC(=O)[C@@H]7C[C@@H](O)CN7C(=O)[C@H]([C@@H](C)O)NC6=O)cc5)nc4s3)cc2)CC1. The molecule has 13 atom stereocenters. The zero-order chi connectivity index (χ0) is 74.0. The van der Waals surface area contributed by atoms with Gasteiger partial charge in [-0.1, -0.05) is 58.7 Å². The number of aromatic hydroxyl groups is 1. The van der Waals surface area contributed by atoms with Crippen LogP contribution in [0.3, 0.4) is 0 Å². The number of unbranched alkanes of at least 4 members (excludes halogenated alkanes) is 3. The fourth-order valence-electron chi connectivity index (χ4n) is 12.9. The van der Waals surface area contributed by atoms with Crippen molar-refractivity contribution in [3.8, 4) is 33.3 Å². The number of carbonyl (C=O) groups is 7. The lowest BCUT2D eigenvalue weighted by Gasteiger charge is -2.34. The Kier molecular flexibility index (Phi) is 29.1. The number of amides is 7. The number of piperidine rings is 1. The van der Waals surface area contributed by atoms with E-state index >= 15 is 4.79 Å². The number of ether oxygens (including phenoxy) is 2.